The standard InChI is InChI=1S/C7H9F2N3O/c8-6(9)5-3(1-10)4(11)2-12-7(5)13/h2,6H,1,10-11H2,(H,12,13). The van der Waals surface area contributed by atoms with Crippen LogP contribution in [0.5, 0.6) is 0 Å². The molecule has 0 radical (unpaired) electrons. The van der Waals surface area contributed by atoms with Gasteiger partial charge in [0.15, 0.2) is 0 Å². The highest BCUT2D eigenvalue weighted by Crippen LogP contribution is 2.21. The first kappa shape index (κ1) is 9.66. The first-order valence-corrected chi connectivity index (χ1v) is 3.56. The maximum atomic E-state index is 12.3. The van der Waals surface area contributed by atoms with E-state index in [0.29, 0.717) is 0 Å². The zero-order valence-electron chi connectivity index (χ0n) is 6.68. The summed E-state index contributed by atoms with van der Waals surface area (Å²) < 4.78 is 24.6. The van der Waals surface area contributed by atoms with Crippen LogP contribution in [0.4, 0.5) is 14.5 Å². The first-order valence-electron chi connectivity index (χ1n) is 3.56. The molecule has 0 aliphatic heterocycles. The van der Waals surface area contributed by atoms with Crippen molar-refractivity contribution in [3.8, 4) is 0 Å². The number of halogens is 2. The third-order valence-electron chi connectivity index (χ3n) is 1.70. The van der Waals surface area contributed by atoms with Crippen molar-refractivity contribution in [1.82, 2.24) is 4.98 Å². The number of hydrogen-bond donors (Lipinski definition) is 3. The summed E-state index contributed by atoms with van der Waals surface area (Å²) in [5, 5.41) is 0. The molecule has 0 saturated carbocycles. The number of pyridine rings is 1. The topological polar surface area (TPSA) is 84.9 Å². The number of nitrogen functional groups attached to an aromatic ring is 1. The lowest BCUT2D eigenvalue weighted by atomic mass is 10.1. The summed E-state index contributed by atoms with van der Waals surface area (Å²) >= 11 is 0. The van der Waals surface area contributed by atoms with Gasteiger partial charge in [0.05, 0.1) is 11.3 Å². The van der Waals surface area contributed by atoms with Gasteiger partial charge in [0, 0.05) is 18.3 Å². The molecule has 0 unspecified atom stereocenters. The van der Waals surface area contributed by atoms with Crippen LogP contribution in [0.3, 0.4) is 0 Å². The fourth-order valence-corrected chi connectivity index (χ4v) is 1.06. The van der Waals surface area contributed by atoms with Gasteiger partial charge < -0.3 is 16.5 Å². The van der Waals surface area contributed by atoms with Crippen molar-refractivity contribution < 1.29 is 8.78 Å². The van der Waals surface area contributed by atoms with Crippen LogP contribution in [0.15, 0.2) is 11.0 Å². The zero-order valence-corrected chi connectivity index (χ0v) is 6.68. The third kappa shape index (κ3) is 1.67. The van der Waals surface area contributed by atoms with Gasteiger partial charge in [-0.3, -0.25) is 4.79 Å². The molecule has 5 N–H and O–H groups in total. The summed E-state index contributed by atoms with van der Waals surface area (Å²) in [6.07, 6.45) is -1.69. The van der Waals surface area contributed by atoms with Crippen LogP contribution in [0, 0.1) is 0 Å². The number of aromatic nitrogens is 1. The Bertz CT molecular complexity index is 361. The van der Waals surface area contributed by atoms with Crippen molar-refractivity contribution in [3.05, 3.63) is 27.7 Å². The Labute approximate surface area is 72.6 Å². The van der Waals surface area contributed by atoms with Gasteiger partial charge in [-0.25, -0.2) is 8.78 Å². The second-order valence-electron chi connectivity index (χ2n) is 2.47. The molecular weight excluding hydrogens is 180 g/mol. The number of aromatic amines is 1. The normalized spacial score (nSPS) is 10.8. The quantitative estimate of drug-likeness (QED) is 0.627. The van der Waals surface area contributed by atoms with Crippen molar-refractivity contribution >= 4 is 5.69 Å². The highest BCUT2D eigenvalue weighted by atomic mass is 19.3. The highest BCUT2D eigenvalue weighted by molar-refractivity contribution is 5.48. The number of H-pyrrole nitrogens is 1. The molecule has 0 aromatic carbocycles. The molecule has 0 amide bonds. The Balaban J connectivity index is 3.44. The SMILES string of the molecule is NCc1c(N)c[nH]c(=O)c1C(F)F. The Hall–Kier alpha value is -1.43. The van der Waals surface area contributed by atoms with E-state index in [4.69, 9.17) is 11.5 Å². The predicted molar refractivity (Wildman–Crippen MR) is 44.3 cm³/mol. The molecule has 1 rings (SSSR count). The molecule has 1 aromatic heterocycles. The average molecular weight is 189 g/mol. The van der Waals surface area contributed by atoms with Crippen molar-refractivity contribution in [2.75, 3.05) is 5.73 Å². The Kier molecular flexibility index (Phi) is 2.62. The monoisotopic (exact) mass is 189 g/mol. The van der Waals surface area contributed by atoms with Crippen LogP contribution >= 0.6 is 0 Å². The van der Waals surface area contributed by atoms with E-state index in [1.165, 1.54) is 0 Å². The minimum atomic E-state index is -2.86. The molecule has 1 heterocycles. The van der Waals surface area contributed by atoms with Crippen molar-refractivity contribution in [2.45, 2.75) is 13.0 Å². The summed E-state index contributed by atoms with van der Waals surface area (Å²) in [4.78, 5) is 13.1. The van der Waals surface area contributed by atoms with Crippen LogP contribution in [0.2, 0.25) is 0 Å². The average Bonchev–Trinajstić information content (AvgIpc) is 2.07. The van der Waals surface area contributed by atoms with Gasteiger partial charge >= 0.3 is 0 Å². The van der Waals surface area contributed by atoms with Crippen LogP contribution in [0.25, 0.3) is 0 Å². The summed E-state index contributed by atoms with van der Waals surface area (Å²) in [5.74, 6) is 0. The second-order valence-corrected chi connectivity index (χ2v) is 2.47. The summed E-state index contributed by atoms with van der Waals surface area (Å²) in [7, 11) is 0. The molecule has 0 saturated heterocycles. The van der Waals surface area contributed by atoms with E-state index in [-0.39, 0.29) is 17.8 Å². The van der Waals surface area contributed by atoms with Gasteiger partial charge in [-0.05, 0) is 0 Å². The number of nitrogens with two attached hydrogens (primary N) is 2. The largest absolute Gasteiger partial charge is 0.397 e. The van der Waals surface area contributed by atoms with E-state index >= 15 is 0 Å². The van der Waals surface area contributed by atoms with Gasteiger partial charge in [0.2, 0.25) is 0 Å². The molecule has 0 aliphatic rings. The van der Waals surface area contributed by atoms with E-state index in [9.17, 15) is 13.6 Å². The maximum Gasteiger partial charge on any atom is 0.269 e. The fourth-order valence-electron chi connectivity index (χ4n) is 1.06. The third-order valence-corrected chi connectivity index (χ3v) is 1.70. The molecule has 0 aliphatic carbocycles. The predicted octanol–water partition coefficient (Wildman–Crippen LogP) is 0.353. The molecule has 4 nitrogen and oxygen atoms in total. The minimum absolute atomic E-state index is 0.0127. The summed E-state index contributed by atoms with van der Waals surface area (Å²) in [5.41, 5.74) is 9.16. The van der Waals surface area contributed by atoms with Crippen LogP contribution in [-0.4, -0.2) is 4.98 Å². The van der Waals surface area contributed by atoms with Gasteiger partial charge in [-0.2, -0.15) is 0 Å². The van der Waals surface area contributed by atoms with Crippen molar-refractivity contribution in [2.24, 2.45) is 5.73 Å². The van der Waals surface area contributed by atoms with Gasteiger partial charge in [-0.15, -0.1) is 0 Å². The zero-order chi connectivity index (χ0) is 10.0. The molecule has 0 bridgehead atoms. The molecule has 0 atom stereocenters. The Morgan fingerprint density at radius 3 is 2.54 bits per heavy atom. The molecule has 13 heavy (non-hydrogen) atoms. The number of anilines is 1. The maximum absolute atomic E-state index is 12.3. The fraction of sp³-hybridized carbons (Fsp3) is 0.286. The number of alkyl halides is 2. The van der Waals surface area contributed by atoms with E-state index in [1.807, 2.05) is 0 Å². The summed E-state index contributed by atoms with van der Waals surface area (Å²) in [6.45, 7) is -0.171. The van der Waals surface area contributed by atoms with Gasteiger partial charge in [-0.1, -0.05) is 0 Å². The number of hydrogen-bond acceptors (Lipinski definition) is 3. The molecular formula is C7H9F2N3O. The molecule has 72 valence electrons. The summed E-state index contributed by atoms with van der Waals surface area (Å²) in [6, 6.07) is 0. The Morgan fingerprint density at radius 2 is 2.15 bits per heavy atom. The molecule has 1 aromatic rings. The smallest absolute Gasteiger partial charge is 0.269 e. The highest BCUT2D eigenvalue weighted by Gasteiger charge is 2.18. The molecule has 0 fully saturated rings. The van der Waals surface area contributed by atoms with Crippen LogP contribution in [-0.2, 0) is 6.54 Å². The van der Waals surface area contributed by atoms with Crippen molar-refractivity contribution in [3.63, 3.8) is 0 Å². The van der Waals surface area contributed by atoms with Gasteiger partial charge in [0.25, 0.3) is 12.0 Å². The lowest BCUT2D eigenvalue weighted by Crippen LogP contribution is -2.19. The lowest BCUT2D eigenvalue weighted by Gasteiger charge is -2.07. The van der Waals surface area contributed by atoms with E-state index in [0.717, 1.165) is 6.20 Å². The van der Waals surface area contributed by atoms with E-state index in [2.05, 4.69) is 4.98 Å². The first-order chi connectivity index (χ1) is 6.07. The number of nitrogens with one attached hydrogen (secondary N) is 1. The number of rotatable bonds is 2. The lowest BCUT2D eigenvalue weighted by molar-refractivity contribution is 0.148. The van der Waals surface area contributed by atoms with Crippen LogP contribution in [0.1, 0.15) is 17.6 Å². The van der Waals surface area contributed by atoms with Gasteiger partial charge in [0.1, 0.15) is 0 Å². The van der Waals surface area contributed by atoms with E-state index in [1.54, 1.807) is 0 Å². The Morgan fingerprint density at radius 1 is 1.54 bits per heavy atom. The minimum Gasteiger partial charge on any atom is -0.397 e. The van der Waals surface area contributed by atoms with Crippen molar-refractivity contribution in [1.29, 1.82) is 0 Å². The van der Waals surface area contributed by atoms with E-state index < -0.39 is 17.5 Å². The molecule has 6 heteroatoms. The molecule has 0 spiro atoms. The van der Waals surface area contributed by atoms with Crippen LogP contribution < -0.4 is 17.0 Å². The second kappa shape index (κ2) is 3.53.